The Morgan fingerprint density at radius 3 is 2.42 bits per heavy atom. The number of sulfonamides is 1. The van der Waals surface area contributed by atoms with E-state index in [0.29, 0.717) is 18.0 Å². The Balaban J connectivity index is 1.88. The van der Waals surface area contributed by atoms with Crippen LogP contribution in [0.1, 0.15) is 37.2 Å². The van der Waals surface area contributed by atoms with Crippen LogP contribution in [0.3, 0.4) is 0 Å². The molecule has 1 aromatic rings. The molecule has 104 valence electrons. The van der Waals surface area contributed by atoms with Gasteiger partial charge in [0.2, 0.25) is 10.0 Å². The van der Waals surface area contributed by atoms with E-state index in [9.17, 15) is 8.42 Å². The summed E-state index contributed by atoms with van der Waals surface area (Å²) in [6.07, 6.45) is 5.93. The standard InChI is InChI=1S/C14H20N2O2S/c1-19(17,18)16-14-5-3-2-4-13(14)10-8-11-6-7-12(9-10)15-11/h2-5,10-12,15-16H,6-9H2,1H3. The van der Waals surface area contributed by atoms with Crippen LogP contribution in [0, 0.1) is 0 Å². The molecule has 3 rings (SSSR count). The molecule has 4 nitrogen and oxygen atoms in total. The largest absolute Gasteiger partial charge is 0.311 e. The first-order valence-corrected chi connectivity index (χ1v) is 8.73. The molecule has 5 heteroatoms. The monoisotopic (exact) mass is 280 g/mol. The van der Waals surface area contributed by atoms with Gasteiger partial charge in [-0.05, 0) is 43.2 Å². The van der Waals surface area contributed by atoms with E-state index in [1.54, 1.807) is 0 Å². The van der Waals surface area contributed by atoms with Crippen LogP contribution in [0.25, 0.3) is 0 Å². The lowest BCUT2D eigenvalue weighted by atomic mass is 9.85. The maximum absolute atomic E-state index is 11.5. The minimum absolute atomic E-state index is 0.462. The first kappa shape index (κ1) is 12.9. The summed E-state index contributed by atoms with van der Waals surface area (Å²) in [4.78, 5) is 0. The lowest BCUT2D eigenvalue weighted by Crippen LogP contribution is -2.37. The minimum atomic E-state index is -3.22. The highest BCUT2D eigenvalue weighted by Crippen LogP contribution is 2.39. The molecule has 0 radical (unpaired) electrons. The quantitative estimate of drug-likeness (QED) is 0.891. The molecule has 2 saturated heterocycles. The average Bonchev–Trinajstić information content (AvgIpc) is 2.67. The highest BCUT2D eigenvalue weighted by molar-refractivity contribution is 7.92. The fourth-order valence-corrected chi connectivity index (χ4v) is 4.04. The van der Waals surface area contributed by atoms with Crippen molar-refractivity contribution in [2.75, 3.05) is 11.0 Å². The zero-order chi connectivity index (χ0) is 13.5. The van der Waals surface area contributed by atoms with Gasteiger partial charge in [-0.2, -0.15) is 0 Å². The molecule has 0 spiro atoms. The first-order chi connectivity index (χ1) is 9.01. The average molecular weight is 280 g/mol. The van der Waals surface area contributed by atoms with Gasteiger partial charge in [-0.25, -0.2) is 8.42 Å². The van der Waals surface area contributed by atoms with Gasteiger partial charge in [0.25, 0.3) is 0 Å². The van der Waals surface area contributed by atoms with Crippen molar-refractivity contribution in [2.45, 2.75) is 43.7 Å². The van der Waals surface area contributed by atoms with E-state index < -0.39 is 10.0 Å². The third kappa shape index (κ3) is 2.92. The number of nitrogens with one attached hydrogen (secondary N) is 2. The van der Waals surface area contributed by atoms with Gasteiger partial charge in [0.15, 0.2) is 0 Å². The Bertz CT molecular complexity index is 559. The Morgan fingerprint density at radius 2 is 1.79 bits per heavy atom. The number of benzene rings is 1. The SMILES string of the molecule is CS(=O)(=O)Nc1ccccc1C1CC2CCC(C1)N2. The fourth-order valence-electron chi connectivity index (χ4n) is 3.46. The summed E-state index contributed by atoms with van der Waals surface area (Å²) in [5.74, 6) is 0.462. The van der Waals surface area contributed by atoms with E-state index in [1.807, 2.05) is 18.2 Å². The van der Waals surface area contributed by atoms with Crippen LogP contribution in [0.15, 0.2) is 24.3 Å². The maximum Gasteiger partial charge on any atom is 0.229 e. The van der Waals surface area contributed by atoms with Crippen molar-refractivity contribution in [1.82, 2.24) is 5.32 Å². The molecule has 2 fully saturated rings. The smallest absolute Gasteiger partial charge is 0.229 e. The molecule has 2 aliphatic heterocycles. The molecule has 2 bridgehead atoms. The van der Waals surface area contributed by atoms with E-state index in [0.717, 1.165) is 24.1 Å². The van der Waals surface area contributed by atoms with Gasteiger partial charge in [0, 0.05) is 12.1 Å². The van der Waals surface area contributed by atoms with Gasteiger partial charge in [-0.15, -0.1) is 0 Å². The Hall–Kier alpha value is -1.07. The number of hydrogen-bond acceptors (Lipinski definition) is 3. The molecule has 2 aliphatic rings. The molecule has 0 saturated carbocycles. The number of fused-ring (bicyclic) bond motifs is 2. The van der Waals surface area contributed by atoms with Gasteiger partial charge >= 0.3 is 0 Å². The molecule has 19 heavy (non-hydrogen) atoms. The number of para-hydroxylation sites is 1. The predicted octanol–water partition coefficient (Wildman–Crippen LogP) is 2.06. The lowest BCUT2D eigenvalue weighted by Gasteiger charge is -2.30. The first-order valence-electron chi connectivity index (χ1n) is 6.84. The Labute approximate surface area is 114 Å². The highest BCUT2D eigenvalue weighted by atomic mass is 32.2. The van der Waals surface area contributed by atoms with Gasteiger partial charge in [-0.3, -0.25) is 4.72 Å². The zero-order valence-electron chi connectivity index (χ0n) is 11.1. The van der Waals surface area contributed by atoms with Gasteiger partial charge in [0.05, 0.1) is 11.9 Å². The molecular formula is C14H20N2O2S. The molecule has 2 heterocycles. The molecule has 2 atom stereocenters. The van der Waals surface area contributed by atoms with Crippen molar-refractivity contribution in [3.05, 3.63) is 29.8 Å². The number of piperidine rings is 1. The number of anilines is 1. The highest BCUT2D eigenvalue weighted by Gasteiger charge is 2.34. The van der Waals surface area contributed by atoms with Crippen LogP contribution in [0.2, 0.25) is 0 Å². The second-order valence-corrected chi connectivity index (χ2v) is 7.52. The van der Waals surface area contributed by atoms with E-state index in [1.165, 1.54) is 19.1 Å². The van der Waals surface area contributed by atoms with E-state index in [4.69, 9.17) is 0 Å². The molecule has 1 aromatic carbocycles. The topological polar surface area (TPSA) is 58.2 Å². The summed E-state index contributed by atoms with van der Waals surface area (Å²) in [6.45, 7) is 0. The molecule has 0 aliphatic carbocycles. The Morgan fingerprint density at radius 1 is 1.16 bits per heavy atom. The summed E-state index contributed by atoms with van der Waals surface area (Å²) < 4.78 is 25.6. The Kier molecular flexibility index (Phi) is 3.27. The van der Waals surface area contributed by atoms with Crippen LogP contribution >= 0.6 is 0 Å². The lowest BCUT2D eigenvalue weighted by molar-refractivity contribution is 0.364. The van der Waals surface area contributed by atoms with Crippen LogP contribution in [-0.2, 0) is 10.0 Å². The summed E-state index contributed by atoms with van der Waals surface area (Å²) in [5, 5.41) is 3.62. The fraction of sp³-hybridized carbons (Fsp3) is 0.571. The molecule has 0 aromatic heterocycles. The summed E-state index contributed by atoms with van der Waals surface area (Å²) in [5.41, 5.74) is 1.89. The second kappa shape index (κ2) is 4.80. The minimum Gasteiger partial charge on any atom is -0.311 e. The molecule has 0 amide bonds. The van der Waals surface area contributed by atoms with Crippen LogP contribution in [-0.4, -0.2) is 26.8 Å². The third-order valence-corrected chi connectivity index (χ3v) is 4.76. The maximum atomic E-state index is 11.5. The molecule has 2 unspecified atom stereocenters. The summed E-state index contributed by atoms with van der Waals surface area (Å²) in [6, 6.07) is 9.01. The van der Waals surface area contributed by atoms with Gasteiger partial charge in [-0.1, -0.05) is 18.2 Å². The summed E-state index contributed by atoms with van der Waals surface area (Å²) in [7, 11) is -3.22. The number of hydrogen-bond donors (Lipinski definition) is 2. The van der Waals surface area contributed by atoms with Crippen LogP contribution in [0.4, 0.5) is 5.69 Å². The second-order valence-electron chi connectivity index (χ2n) is 5.77. The van der Waals surface area contributed by atoms with Crippen molar-refractivity contribution in [3.8, 4) is 0 Å². The van der Waals surface area contributed by atoms with E-state index in [-0.39, 0.29) is 0 Å². The van der Waals surface area contributed by atoms with Crippen LogP contribution < -0.4 is 10.0 Å². The van der Waals surface area contributed by atoms with Crippen molar-refractivity contribution < 1.29 is 8.42 Å². The molecule has 2 N–H and O–H groups in total. The number of rotatable bonds is 3. The molecular weight excluding hydrogens is 260 g/mol. The van der Waals surface area contributed by atoms with Crippen molar-refractivity contribution in [3.63, 3.8) is 0 Å². The third-order valence-electron chi connectivity index (χ3n) is 4.17. The summed E-state index contributed by atoms with van der Waals surface area (Å²) >= 11 is 0. The zero-order valence-corrected chi connectivity index (χ0v) is 11.9. The predicted molar refractivity (Wildman–Crippen MR) is 76.8 cm³/mol. The van der Waals surface area contributed by atoms with E-state index >= 15 is 0 Å². The van der Waals surface area contributed by atoms with Crippen molar-refractivity contribution in [2.24, 2.45) is 0 Å². The van der Waals surface area contributed by atoms with Gasteiger partial charge < -0.3 is 5.32 Å². The van der Waals surface area contributed by atoms with E-state index in [2.05, 4.69) is 16.1 Å². The van der Waals surface area contributed by atoms with Crippen molar-refractivity contribution >= 4 is 15.7 Å². The van der Waals surface area contributed by atoms with Gasteiger partial charge in [0.1, 0.15) is 0 Å². The van der Waals surface area contributed by atoms with Crippen molar-refractivity contribution in [1.29, 1.82) is 0 Å². The van der Waals surface area contributed by atoms with Crippen LogP contribution in [0.5, 0.6) is 0 Å². The normalized spacial score (nSPS) is 30.3.